The average molecular weight is 285 g/mol. The molecule has 0 unspecified atom stereocenters. The molecule has 0 saturated carbocycles. The minimum absolute atomic E-state index is 0.559. The Bertz CT molecular complexity index is 528. The number of hydrogen-bond acceptors (Lipinski definition) is 3. The lowest BCUT2D eigenvalue weighted by molar-refractivity contribution is 0.777. The Labute approximate surface area is 125 Å². The molecule has 20 heavy (non-hydrogen) atoms. The zero-order valence-corrected chi connectivity index (χ0v) is 12.2. The van der Waals surface area contributed by atoms with Gasteiger partial charge in [0.1, 0.15) is 0 Å². The van der Waals surface area contributed by atoms with Crippen molar-refractivity contribution in [3.63, 3.8) is 0 Å². The Morgan fingerprint density at radius 2 is 1.80 bits per heavy atom. The molecule has 2 rings (SSSR count). The average Bonchev–Trinajstić information content (AvgIpc) is 2.49. The number of benzene rings is 1. The van der Waals surface area contributed by atoms with Crippen molar-refractivity contribution in [1.82, 2.24) is 4.98 Å². The molecule has 4 heteroatoms. The smallest absolute Gasteiger partial charge is 0.0745 e. The first kappa shape index (κ1) is 14.5. The fourth-order valence-electron chi connectivity index (χ4n) is 2.05. The van der Waals surface area contributed by atoms with Crippen LogP contribution >= 0.6 is 12.2 Å². The highest BCUT2D eigenvalue weighted by Gasteiger charge is 2.07. The van der Waals surface area contributed by atoms with Crippen LogP contribution in [0, 0.1) is 0 Å². The van der Waals surface area contributed by atoms with Crippen molar-refractivity contribution in [1.29, 1.82) is 0 Å². The summed E-state index contributed by atoms with van der Waals surface area (Å²) in [6, 6.07) is 16.3. The van der Waals surface area contributed by atoms with Crippen molar-refractivity contribution in [2.24, 2.45) is 5.73 Å². The number of hydrogen-bond donors (Lipinski definition) is 1. The van der Waals surface area contributed by atoms with Gasteiger partial charge in [0.15, 0.2) is 0 Å². The maximum atomic E-state index is 5.62. The molecular formula is C16H19N3S. The second-order valence-corrected chi connectivity index (χ2v) is 5.13. The number of rotatable bonds is 7. The Hall–Kier alpha value is -1.94. The van der Waals surface area contributed by atoms with Crippen LogP contribution < -0.4 is 10.6 Å². The van der Waals surface area contributed by atoms with E-state index >= 15 is 0 Å². The van der Waals surface area contributed by atoms with Gasteiger partial charge in [-0.3, -0.25) is 4.98 Å². The molecule has 0 fully saturated rings. The third-order valence-electron chi connectivity index (χ3n) is 3.11. The molecular weight excluding hydrogens is 266 g/mol. The number of para-hydroxylation sites is 1. The van der Waals surface area contributed by atoms with Crippen LogP contribution in [0.4, 0.5) is 5.69 Å². The highest BCUT2D eigenvalue weighted by atomic mass is 32.1. The number of anilines is 1. The lowest BCUT2D eigenvalue weighted by Crippen LogP contribution is -2.29. The monoisotopic (exact) mass is 285 g/mol. The van der Waals surface area contributed by atoms with Gasteiger partial charge in [-0.05, 0) is 24.3 Å². The Balaban J connectivity index is 2.01. The van der Waals surface area contributed by atoms with Crippen molar-refractivity contribution in [2.75, 3.05) is 18.0 Å². The molecule has 0 aliphatic rings. The maximum absolute atomic E-state index is 5.62. The SMILES string of the molecule is NC(=S)CCN(CCc1ccccn1)c1ccccc1. The molecule has 0 spiro atoms. The number of nitrogens with two attached hydrogens (primary N) is 1. The third kappa shape index (κ3) is 4.63. The molecule has 0 radical (unpaired) electrons. The lowest BCUT2D eigenvalue weighted by Gasteiger charge is -2.24. The van der Waals surface area contributed by atoms with Crippen molar-refractivity contribution in [3.8, 4) is 0 Å². The van der Waals surface area contributed by atoms with Crippen LogP contribution in [0.1, 0.15) is 12.1 Å². The topological polar surface area (TPSA) is 42.1 Å². The van der Waals surface area contributed by atoms with Gasteiger partial charge < -0.3 is 10.6 Å². The molecule has 0 bridgehead atoms. The Morgan fingerprint density at radius 1 is 1.05 bits per heavy atom. The van der Waals surface area contributed by atoms with Crippen LogP contribution in [0.15, 0.2) is 54.7 Å². The van der Waals surface area contributed by atoms with E-state index < -0.39 is 0 Å². The first-order chi connectivity index (χ1) is 9.75. The normalized spacial score (nSPS) is 10.2. The van der Waals surface area contributed by atoms with Gasteiger partial charge in [-0.2, -0.15) is 0 Å². The quantitative estimate of drug-likeness (QED) is 0.794. The first-order valence-corrected chi connectivity index (χ1v) is 7.15. The molecule has 2 N–H and O–H groups in total. The van der Waals surface area contributed by atoms with Crippen LogP contribution in [-0.4, -0.2) is 23.1 Å². The van der Waals surface area contributed by atoms with Gasteiger partial charge in [-0.1, -0.05) is 36.5 Å². The molecule has 0 saturated heterocycles. The number of pyridine rings is 1. The molecule has 0 aliphatic heterocycles. The summed E-state index contributed by atoms with van der Waals surface area (Å²) in [6.07, 6.45) is 3.47. The summed E-state index contributed by atoms with van der Waals surface area (Å²) in [5, 5.41) is 0. The standard InChI is InChI=1S/C16H19N3S/c17-16(20)10-13-19(15-7-2-1-3-8-15)12-9-14-6-4-5-11-18-14/h1-8,11H,9-10,12-13H2,(H2,17,20). The molecule has 0 amide bonds. The largest absolute Gasteiger partial charge is 0.393 e. The van der Waals surface area contributed by atoms with Crippen molar-refractivity contribution < 1.29 is 0 Å². The Morgan fingerprint density at radius 3 is 2.45 bits per heavy atom. The molecule has 1 aromatic carbocycles. The van der Waals surface area contributed by atoms with E-state index in [4.69, 9.17) is 18.0 Å². The highest BCUT2D eigenvalue weighted by molar-refractivity contribution is 7.80. The number of aromatic nitrogens is 1. The minimum Gasteiger partial charge on any atom is -0.393 e. The van der Waals surface area contributed by atoms with E-state index in [1.807, 2.05) is 36.5 Å². The van der Waals surface area contributed by atoms with E-state index in [0.717, 1.165) is 31.6 Å². The fraction of sp³-hybridized carbons (Fsp3) is 0.250. The summed E-state index contributed by atoms with van der Waals surface area (Å²) in [5.74, 6) is 0. The molecule has 0 atom stereocenters. The minimum atomic E-state index is 0.559. The second kappa shape index (κ2) is 7.60. The number of nitrogens with zero attached hydrogens (tertiary/aromatic N) is 2. The summed E-state index contributed by atoms with van der Waals surface area (Å²) in [4.78, 5) is 7.22. The maximum Gasteiger partial charge on any atom is 0.0745 e. The summed E-state index contributed by atoms with van der Waals surface area (Å²) in [7, 11) is 0. The van der Waals surface area contributed by atoms with Gasteiger partial charge in [0, 0.05) is 43.5 Å². The molecule has 2 aromatic rings. The van der Waals surface area contributed by atoms with E-state index in [2.05, 4.69) is 28.1 Å². The van der Waals surface area contributed by atoms with Crippen molar-refractivity contribution in [3.05, 3.63) is 60.4 Å². The molecule has 1 heterocycles. The van der Waals surface area contributed by atoms with Crippen LogP contribution in [0.3, 0.4) is 0 Å². The van der Waals surface area contributed by atoms with Gasteiger partial charge in [0.25, 0.3) is 0 Å². The fourth-order valence-corrected chi connectivity index (χ4v) is 2.14. The summed E-state index contributed by atoms with van der Waals surface area (Å²) in [5.41, 5.74) is 7.91. The lowest BCUT2D eigenvalue weighted by atomic mass is 10.2. The summed E-state index contributed by atoms with van der Waals surface area (Å²) >= 11 is 4.98. The van der Waals surface area contributed by atoms with E-state index in [-0.39, 0.29) is 0 Å². The predicted octanol–water partition coefficient (Wildman–Crippen LogP) is 2.81. The van der Waals surface area contributed by atoms with E-state index in [0.29, 0.717) is 4.99 Å². The zero-order valence-electron chi connectivity index (χ0n) is 11.4. The second-order valence-electron chi connectivity index (χ2n) is 4.61. The molecule has 1 aromatic heterocycles. The third-order valence-corrected chi connectivity index (χ3v) is 3.32. The highest BCUT2D eigenvalue weighted by Crippen LogP contribution is 2.14. The van der Waals surface area contributed by atoms with Crippen LogP contribution in [0.2, 0.25) is 0 Å². The predicted molar refractivity (Wildman–Crippen MR) is 88.0 cm³/mol. The van der Waals surface area contributed by atoms with Gasteiger partial charge in [-0.15, -0.1) is 0 Å². The molecule has 3 nitrogen and oxygen atoms in total. The van der Waals surface area contributed by atoms with E-state index in [9.17, 15) is 0 Å². The van der Waals surface area contributed by atoms with Crippen LogP contribution in [0.5, 0.6) is 0 Å². The van der Waals surface area contributed by atoms with Crippen molar-refractivity contribution in [2.45, 2.75) is 12.8 Å². The van der Waals surface area contributed by atoms with Gasteiger partial charge >= 0.3 is 0 Å². The molecule has 0 aliphatic carbocycles. The van der Waals surface area contributed by atoms with Gasteiger partial charge in [0.2, 0.25) is 0 Å². The Kier molecular flexibility index (Phi) is 5.50. The van der Waals surface area contributed by atoms with Crippen LogP contribution in [-0.2, 0) is 6.42 Å². The van der Waals surface area contributed by atoms with Gasteiger partial charge in [-0.25, -0.2) is 0 Å². The van der Waals surface area contributed by atoms with Gasteiger partial charge in [0.05, 0.1) is 4.99 Å². The summed E-state index contributed by atoms with van der Waals surface area (Å²) in [6.45, 7) is 1.75. The van der Waals surface area contributed by atoms with Crippen molar-refractivity contribution >= 4 is 22.9 Å². The van der Waals surface area contributed by atoms with Crippen LogP contribution in [0.25, 0.3) is 0 Å². The van der Waals surface area contributed by atoms with E-state index in [1.54, 1.807) is 0 Å². The van der Waals surface area contributed by atoms with E-state index in [1.165, 1.54) is 5.69 Å². The summed E-state index contributed by atoms with van der Waals surface area (Å²) < 4.78 is 0. The molecule has 104 valence electrons. The zero-order chi connectivity index (χ0) is 14.2. The number of thiocarbonyl (C=S) groups is 1. The first-order valence-electron chi connectivity index (χ1n) is 6.74.